The highest BCUT2D eigenvalue weighted by Crippen LogP contribution is 2.40. The Labute approximate surface area is 278 Å². The second-order valence-electron chi connectivity index (χ2n) is 12.1. The molecule has 224 valence electrons. The summed E-state index contributed by atoms with van der Waals surface area (Å²) in [5.74, 6) is 1.92. The van der Waals surface area contributed by atoms with Gasteiger partial charge >= 0.3 is 0 Å². The molecule has 0 aliphatic rings. The Morgan fingerprint density at radius 3 is 1.54 bits per heavy atom. The van der Waals surface area contributed by atoms with Crippen LogP contribution in [0.2, 0.25) is 0 Å². The number of hydrogen-bond donors (Lipinski definition) is 0. The van der Waals surface area contributed by atoms with Crippen LogP contribution in [-0.2, 0) is 0 Å². The maximum atomic E-state index is 5.32. The summed E-state index contributed by atoms with van der Waals surface area (Å²) in [5, 5.41) is 6.96. The fourth-order valence-corrected chi connectivity index (χ4v) is 6.72. The summed E-state index contributed by atoms with van der Waals surface area (Å²) in [5.41, 5.74) is 7.29. The van der Waals surface area contributed by atoms with E-state index in [2.05, 4.69) is 170 Å². The molecule has 1 aromatic heterocycles. The van der Waals surface area contributed by atoms with E-state index in [0.717, 1.165) is 55.1 Å². The highest BCUT2D eigenvalue weighted by atomic mass is 15.0. The van der Waals surface area contributed by atoms with Crippen molar-refractivity contribution < 1.29 is 0 Å². The Kier molecular flexibility index (Phi) is 6.80. The van der Waals surface area contributed by atoms with Gasteiger partial charge in [0.15, 0.2) is 17.5 Å². The number of fused-ring (bicyclic) bond motifs is 3. The van der Waals surface area contributed by atoms with Crippen molar-refractivity contribution in [3.8, 4) is 56.4 Å². The van der Waals surface area contributed by atoms with E-state index in [9.17, 15) is 0 Å². The Bertz CT molecular complexity index is 2620. The minimum Gasteiger partial charge on any atom is -0.208 e. The Hall–Kier alpha value is -6.45. The van der Waals surface area contributed by atoms with Crippen molar-refractivity contribution >= 4 is 32.3 Å². The average molecular weight is 612 g/mol. The minimum absolute atomic E-state index is 0.639. The first kappa shape index (κ1) is 27.8. The van der Waals surface area contributed by atoms with Gasteiger partial charge in [0, 0.05) is 16.7 Å². The van der Waals surface area contributed by atoms with Gasteiger partial charge in [0.2, 0.25) is 0 Å². The molecular weight excluding hydrogens is 583 g/mol. The van der Waals surface area contributed by atoms with E-state index < -0.39 is 0 Å². The molecule has 0 atom stereocenters. The van der Waals surface area contributed by atoms with Gasteiger partial charge in [-0.2, -0.15) is 0 Å². The van der Waals surface area contributed by atoms with Gasteiger partial charge in [0.25, 0.3) is 0 Å². The number of aromatic nitrogens is 3. The Balaban J connectivity index is 1.34. The highest BCUT2D eigenvalue weighted by molar-refractivity contribution is 6.04. The van der Waals surface area contributed by atoms with Gasteiger partial charge < -0.3 is 0 Å². The monoisotopic (exact) mass is 611 g/mol. The molecule has 0 amide bonds. The van der Waals surface area contributed by atoms with Crippen LogP contribution in [0.3, 0.4) is 0 Å². The van der Waals surface area contributed by atoms with Gasteiger partial charge in [0.1, 0.15) is 0 Å². The fraction of sp³-hybridized carbons (Fsp3) is 0. The molecule has 3 nitrogen and oxygen atoms in total. The lowest BCUT2D eigenvalue weighted by Gasteiger charge is -2.16. The molecule has 0 N–H and O–H groups in total. The van der Waals surface area contributed by atoms with Crippen molar-refractivity contribution in [2.45, 2.75) is 0 Å². The highest BCUT2D eigenvalue weighted by Gasteiger charge is 2.20. The molecule has 0 aliphatic carbocycles. The average Bonchev–Trinajstić information content (AvgIpc) is 3.17. The van der Waals surface area contributed by atoms with Crippen LogP contribution < -0.4 is 0 Å². The molecule has 0 spiro atoms. The summed E-state index contributed by atoms with van der Waals surface area (Å²) < 4.78 is 0. The van der Waals surface area contributed by atoms with Crippen LogP contribution in [0.5, 0.6) is 0 Å². The SMILES string of the molecule is c1ccc(-c2ccccc2-c2nc(-c3ccc4ccccc4c3)nc(-c3c(-c4ccc5ccccc5c4)ccc4ccccc34)n2)cc1. The molecule has 3 heteroatoms. The first-order valence-electron chi connectivity index (χ1n) is 16.2. The van der Waals surface area contributed by atoms with Crippen molar-refractivity contribution in [3.63, 3.8) is 0 Å². The van der Waals surface area contributed by atoms with Crippen LogP contribution in [0.15, 0.2) is 176 Å². The second-order valence-corrected chi connectivity index (χ2v) is 12.1. The quantitative estimate of drug-likeness (QED) is 0.194. The van der Waals surface area contributed by atoms with Gasteiger partial charge in [-0.3, -0.25) is 0 Å². The van der Waals surface area contributed by atoms with Crippen molar-refractivity contribution in [2.75, 3.05) is 0 Å². The maximum Gasteiger partial charge on any atom is 0.165 e. The third kappa shape index (κ3) is 4.99. The molecule has 1 heterocycles. The smallest absolute Gasteiger partial charge is 0.165 e. The molecule has 8 aromatic carbocycles. The first-order chi connectivity index (χ1) is 23.8. The minimum atomic E-state index is 0.639. The van der Waals surface area contributed by atoms with Crippen LogP contribution >= 0.6 is 0 Å². The molecule has 0 radical (unpaired) electrons. The van der Waals surface area contributed by atoms with E-state index in [1.807, 2.05) is 6.07 Å². The zero-order valence-electron chi connectivity index (χ0n) is 26.1. The zero-order valence-corrected chi connectivity index (χ0v) is 26.1. The standard InChI is InChI=1S/C45H29N3/c1-2-14-32(15-3-1)38-19-10-11-21-41(38)44-46-43(37-25-23-31-13-5-7-18-35(31)29-37)47-45(48-44)42-39-20-9-8-16-33(39)26-27-40(42)36-24-22-30-12-4-6-17-34(30)28-36/h1-29H. The van der Waals surface area contributed by atoms with E-state index in [1.165, 1.54) is 16.2 Å². The third-order valence-electron chi connectivity index (χ3n) is 9.11. The van der Waals surface area contributed by atoms with Crippen molar-refractivity contribution in [1.82, 2.24) is 15.0 Å². The zero-order chi connectivity index (χ0) is 31.9. The lowest BCUT2D eigenvalue weighted by Crippen LogP contribution is -2.02. The van der Waals surface area contributed by atoms with Crippen molar-refractivity contribution in [2.24, 2.45) is 0 Å². The van der Waals surface area contributed by atoms with E-state index in [0.29, 0.717) is 17.5 Å². The number of rotatable bonds is 5. The normalized spacial score (nSPS) is 11.3. The van der Waals surface area contributed by atoms with Gasteiger partial charge in [-0.1, -0.05) is 164 Å². The molecule has 0 aliphatic heterocycles. The van der Waals surface area contributed by atoms with Gasteiger partial charge in [-0.15, -0.1) is 0 Å². The van der Waals surface area contributed by atoms with Crippen molar-refractivity contribution in [1.29, 1.82) is 0 Å². The summed E-state index contributed by atoms with van der Waals surface area (Å²) in [7, 11) is 0. The lowest BCUT2D eigenvalue weighted by molar-refractivity contribution is 1.08. The first-order valence-corrected chi connectivity index (χ1v) is 16.2. The van der Waals surface area contributed by atoms with Crippen LogP contribution in [0.4, 0.5) is 0 Å². The molecule has 0 unspecified atom stereocenters. The second kappa shape index (κ2) is 11.7. The van der Waals surface area contributed by atoms with E-state index in [1.54, 1.807) is 0 Å². The van der Waals surface area contributed by atoms with Crippen LogP contribution in [0.25, 0.3) is 88.7 Å². The van der Waals surface area contributed by atoms with Crippen molar-refractivity contribution in [3.05, 3.63) is 176 Å². The lowest BCUT2D eigenvalue weighted by atomic mass is 9.92. The summed E-state index contributed by atoms with van der Waals surface area (Å²) in [6, 6.07) is 61.7. The van der Waals surface area contributed by atoms with E-state index >= 15 is 0 Å². The van der Waals surface area contributed by atoms with Gasteiger partial charge in [-0.05, 0) is 66.7 Å². The third-order valence-corrected chi connectivity index (χ3v) is 9.11. The molecule has 48 heavy (non-hydrogen) atoms. The summed E-state index contributed by atoms with van der Waals surface area (Å²) in [6.45, 7) is 0. The number of hydrogen-bond acceptors (Lipinski definition) is 3. The molecular formula is C45H29N3. The summed E-state index contributed by atoms with van der Waals surface area (Å²) >= 11 is 0. The fourth-order valence-electron chi connectivity index (χ4n) is 6.72. The Morgan fingerprint density at radius 2 is 0.792 bits per heavy atom. The summed E-state index contributed by atoms with van der Waals surface area (Å²) in [4.78, 5) is 15.8. The predicted molar refractivity (Wildman–Crippen MR) is 200 cm³/mol. The molecule has 0 saturated carbocycles. The summed E-state index contributed by atoms with van der Waals surface area (Å²) in [6.07, 6.45) is 0. The van der Waals surface area contributed by atoms with Crippen LogP contribution in [-0.4, -0.2) is 15.0 Å². The molecule has 0 fully saturated rings. The molecule has 9 rings (SSSR count). The predicted octanol–water partition coefficient (Wildman–Crippen LogP) is 11.7. The largest absolute Gasteiger partial charge is 0.208 e. The van der Waals surface area contributed by atoms with E-state index in [-0.39, 0.29) is 0 Å². The van der Waals surface area contributed by atoms with Crippen LogP contribution in [0.1, 0.15) is 0 Å². The Morgan fingerprint density at radius 1 is 0.271 bits per heavy atom. The maximum absolute atomic E-state index is 5.32. The molecule has 9 aromatic rings. The van der Waals surface area contributed by atoms with Crippen LogP contribution in [0, 0.1) is 0 Å². The van der Waals surface area contributed by atoms with E-state index in [4.69, 9.17) is 15.0 Å². The number of benzene rings is 8. The number of nitrogens with zero attached hydrogens (tertiary/aromatic N) is 3. The van der Waals surface area contributed by atoms with Gasteiger partial charge in [0.05, 0.1) is 0 Å². The molecule has 0 saturated heterocycles. The molecule has 0 bridgehead atoms. The van der Waals surface area contributed by atoms with Gasteiger partial charge in [-0.25, -0.2) is 15.0 Å². The topological polar surface area (TPSA) is 38.7 Å².